The Bertz CT molecular complexity index is 854. The number of rotatable bonds is 4. The standard InChI is InChI=1S/C17H15N3O2/c1-2-16(21)11-8-20(9-11)10-14-12-5-3-4-6-15(12)19-17(22)13(14)7-18/h2-6,11H,1,8-10H2,(H,19,22). The average molecular weight is 293 g/mol. The van der Waals surface area contributed by atoms with Gasteiger partial charge in [0.15, 0.2) is 5.78 Å². The van der Waals surface area contributed by atoms with E-state index in [1.165, 1.54) is 6.08 Å². The summed E-state index contributed by atoms with van der Waals surface area (Å²) >= 11 is 0. The van der Waals surface area contributed by atoms with E-state index in [-0.39, 0.29) is 22.8 Å². The highest BCUT2D eigenvalue weighted by atomic mass is 16.1. The molecule has 0 amide bonds. The second-order valence-electron chi connectivity index (χ2n) is 5.46. The van der Waals surface area contributed by atoms with Crippen LogP contribution in [-0.2, 0) is 11.3 Å². The number of nitrogens with zero attached hydrogens (tertiary/aromatic N) is 2. The third-order valence-corrected chi connectivity index (χ3v) is 4.08. The van der Waals surface area contributed by atoms with Gasteiger partial charge in [0, 0.05) is 36.5 Å². The number of H-pyrrole nitrogens is 1. The molecule has 1 aliphatic rings. The van der Waals surface area contributed by atoms with Crippen molar-refractivity contribution in [1.82, 2.24) is 9.88 Å². The molecular weight excluding hydrogens is 278 g/mol. The quantitative estimate of drug-likeness (QED) is 0.868. The molecule has 3 rings (SSSR count). The molecule has 2 heterocycles. The number of fused-ring (bicyclic) bond motifs is 1. The Balaban J connectivity index is 1.94. The number of carbonyl (C=O) groups is 1. The van der Waals surface area contributed by atoms with Crippen molar-refractivity contribution in [3.63, 3.8) is 0 Å². The minimum absolute atomic E-state index is 0.0173. The summed E-state index contributed by atoms with van der Waals surface area (Å²) in [5.74, 6) is 0.0313. The minimum Gasteiger partial charge on any atom is -0.321 e. The third kappa shape index (κ3) is 2.34. The van der Waals surface area contributed by atoms with E-state index in [0.717, 1.165) is 16.5 Å². The number of para-hydroxylation sites is 1. The van der Waals surface area contributed by atoms with Gasteiger partial charge in [-0.25, -0.2) is 0 Å². The van der Waals surface area contributed by atoms with Crippen molar-refractivity contribution in [1.29, 1.82) is 5.26 Å². The third-order valence-electron chi connectivity index (χ3n) is 4.08. The minimum atomic E-state index is -0.365. The van der Waals surface area contributed by atoms with E-state index in [1.54, 1.807) is 0 Å². The van der Waals surface area contributed by atoms with E-state index in [9.17, 15) is 14.9 Å². The largest absolute Gasteiger partial charge is 0.321 e. The molecule has 1 aromatic carbocycles. The maximum Gasteiger partial charge on any atom is 0.266 e. The number of aromatic amines is 1. The van der Waals surface area contributed by atoms with Crippen molar-refractivity contribution in [2.24, 2.45) is 5.92 Å². The summed E-state index contributed by atoms with van der Waals surface area (Å²) in [6, 6.07) is 9.44. The van der Waals surface area contributed by atoms with Crippen LogP contribution in [0.5, 0.6) is 0 Å². The number of aromatic nitrogens is 1. The summed E-state index contributed by atoms with van der Waals surface area (Å²) in [7, 11) is 0. The second-order valence-corrected chi connectivity index (χ2v) is 5.46. The van der Waals surface area contributed by atoms with Crippen LogP contribution in [0.2, 0.25) is 0 Å². The molecule has 0 atom stereocenters. The Morgan fingerprint density at radius 1 is 1.45 bits per heavy atom. The molecular formula is C17H15N3O2. The molecule has 0 radical (unpaired) electrons. The summed E-state index contributed by atoms with van der Waals surface area (Å²) in [6.45, 7) is 5.26. The Labute approximate surface area is 127 Å². The van der Waals surface area contributed by atoms with Crippen molar-refractivity contribution in [2.45, 2.75) is 6.54 Å². The predicted octanol–water partition coefficient (Wildman–Crippen LogP) is 1.59. The molecule has 22 heavy (non-hydrogen) atoms. The van der Waals surface area contributed by atoms with E-state index >= 15 is 0 Å². The highest BCUT2D eigenvalue weighted by Crippen LogP contribution is 2.24. The number of pyridine rings is 1. The first-order valence-corrected chi connectivity index (χ1v) is 7.06. The van der Waals surface area contributed by atoms with Gasteiger partial charge >= 0.3 is 0 Å². The van der Waals surface area contributed by atoms with Gasteiger partial charge in [-0.2, -0.15) is 5.26 Å². The first kappa shape index (κ1) is 14.2. The normalized spacial score (nSPS) is 15.2. The van der Waals surface area contributed by atoms with E-state index in [0.29, 0.717) is 19.6 Å². The fraction of sp³-hybridized carbons (Fsp3) is 0.235. The van der Waals surface area contributed by atoms with Gasteiger partial charge in [-0.3, -0.25) is 14.5 Å². The molecule has 0 aliphatic carbocycles. The molecule has 1 aromatic heterocycles. The summed E-state index contributed by atoms with van der Waals surface area (Å²) in [6.07, 6.45) is 1.35. The number of allylic oxidation sites excluding steroid dienone is 1. The maximum absolute atomic E-state index is 12.0. The smallest absolute Gasteiger partial charge is 0.266 e. The Morgan fingerprint density at radius 2 is 2.18 bits per heavy atom. The molecule has 5 heteroatoms. The SMILES string of the molecule is C=CC(=O)C1CN(Cc2c(C#N)c(=O)[nH]c3ccccc23)C1. The lowest BCUT2D eigenvalue weighted by molar-refractivity contribution is -0.123. The zero-order valence-corrected chi connectivity index (χ0v) is 12.0. The summed E-state index contributed by atoms with van der Waals surface area (Å²) in [4.78, 5) is 28.4. The molecule has 2 aromatic rings. The molecule has 0 unspecified atom stereocenters. The Kier molecular flexibility index (Phi) is 3.61. The number of likely N-dealkylation sites (tertiary alicyclic amines) is 1. The van der Waals surface area contributed by atoms with Crippen LogP contribution in [0.1, 0.15) is 11.1 Å². The Hall–Kier alpha value is -2.71. The van der Waals surface area contributed by atoms with Crippen LogP contribution in [0.3, 0.4) is 0 Å². The topological polar surface area (TPSA) is 77.0 Å². The lowest BCUT2D eigenvalue weighted by Gasteiger charge is -2.38. The summed E-state index contributed by atoms with van der Waals surface area (Å²) in [5, 5.41) is 10.2. The molecule has 1 N–H and O–H groups in total. The average Bonchev–Trinajstić information content (AvgIpc) is 2.49. The molecule has 1 fully saturated rings. The monoisotopic (exact) mass is 293 g/mol. The van der Waals surface area contributed by atoms with E-state index in [1.807, 2.05) is 30.3 Å². The molecule has 1 saturated heterocycles. The van der Waals surface area contributed by atoms with Crippen LogP contribution < -0.4 is 5.56 Å². The maximum atomic E-state index is 12.0. The van der Waals surface area contributed by atoms with Gasteiger partial charge < -0.3 is 4.98 Å². The van der Waals surface area contributed by atoms with Gasteiger partial charge in [0.25, 0.3) is 5.56 Å². The lowest BCUT2D eigenvalue weighted by Crippen LogP contribution is -2.49. The number of hydrogen-bond donors (Lipinski definition) is 1. The summed E-state index contributed by atoms with van der Waals surface area (Å²) in [5.41, 5.74) is 1.24. The fourth-order valence-electron chi connectivity index (χ4n) is 2.86. The van der Waals surface area contributed by atoms with Crippen molar-refractivity contribution in [3.05, 3.63) is 58.4 Å². The van der Waals surface area contributed by atoms with Crippen LogP contribution in [0, 0.1) is 17.2 Å². The van der Waals surface area contributed by atoms with Crippen LogP contribution in [-0.4, -0.2) is 28.8 Å². The first-order valence-electron chi connectivity index (χ1n) is 7.06. The molecule has 110 valence electrons. The van der Waals surface area contributed by atoms with E-state index in [2.05, 4.69) is 16.5 Å². The predicted molar refractivity (Wildman–Crippen MR) is 83.3 cm³/mol. The van der Waals surface area contributed by atoms with Gasteiger partial charge in [-0.15, -0.1) is 0 Å². The van der Waals surface area contributed by atoms with Gasteiger partial charge in [-0.05, 0) is 17.7 Å². The van der Waals surface area contributed by atoms with Gasteiger partial charge in [0.05, 0.1) is 0 Å². The fourth-order valence-corrected chi connectivity index (χ4v) is 2.86. The first-order chi connectivity index (χ1) is 10.6. The van der Waals surface area contributed by atoms with E-state index in [4.69, 9.17) is 0 Å². The van der Waals surface area contributed by atoms with Crippen molar-refractivity contribution >= 4 is 16.7 Å². The molecule has 0 spiro atoms. The molecule has 1 aliphatic heterocycles. The van der Waals surface area contributed by atoms with Crippen LogP contribution in [0.4, 0.5) is 0 Å². The van der Waals surface area contributed by atoms with Crippen LogP contribution >= 0.6 is 0 Å². The van der Waals surface area contributed by atoms with Crippen LogP contribution in [0.15, 0.2) is 41.7 Å². The second kappa shape index (κ2) is 5.58. The lowest BCUT2D eigenvalue weighted by atomic mass is 9.93. The Morgan fingerprint density at radius 3 is 2.86 bits per heavy atom. The highest BCUT2D eigenvalue weighted by Gasteiger charge is 2.31. The van der Waals surface area contributed by atoms with Gasteiger partial charge in [0.1, 0.15) is 11.6 Å². The number of ketones is 1. The van der Waals surface area contributed by atoms with Gasteiger partial charge in [-0.1, -0.05) is 24.8 Å². The van der Waals surface area contributed by atoms with Crippen molar-refractivity contribution in [2.75, 3.05) is 13.1 Å². The van der Waals surface area contributed by atoms with Crippen molar-refractivity contribution < 1.29 is 4.79 Å². The number of nitriles is 1. The summed E-state index contributed by atoms with van der Waals surface area (Å²) < 4.78 is 0. The highest BCUT2D eigenvalue weighted by molar-refractivity contribution is 5.92. The van der Waals surface area contributed by atoms with Crippen LogP contribution in [0.25, 0.3) is 10.9 Å². The van der Waals surface area contributed by atoms with Gasteiger partial charge in [0.2, 0.25) is 0 Å². The van der Waals surface area contributed by atoms with Crippen molar-refractivity contribution in [3.8, 4) is 6.07 Å². The number of hydrogen-bond acceptors (Lipinski definition) is 4. The number of carbonyl (C=O) groups excluding carboxylic acids is 1. The van der Waals surface area contributed by atoms with E-state index < -0.39 is 0 Å². The number of benzene rings is 1. The molecule has 0 bridgehead atoms. The zero-order chi connectivity index (χ0) is 15.7. The zero-order valence-electron chi connectivity index (χ0n) is 12.0. The molecule has 0 saturated carbocycles. The number of nitrogens with one attached hydrogen (secondary N) is 1. The molecule has 5 nitrogen and oxygen atoms in total.